The molecular weight excluding hydrogens is 338 g/mol. The summed E-state index contributed by atoms with van der Waals surface area (Å²) in [6.45, 7) is 0. The zero-order chi connectivity index (χ0) is 18.5. The van der Waals surface area contributed by atoms with Crippen molar-refractivity contribution in [2.45, 2.75) is 0 Å². The Hall–Kier alpha value is -3.54. The van der Waals surface area contributed by atoms with Gasteiger partial charge in [0.25, 0.3) is 11.8 Å². The summed E-state index contributed by atoms with van der Waals surface area (Å²) >= 11 is 0. The van der Waals surface area contributed by atoms with E-state index in [-0.39, 0.29) is 11.1 Å². The highest BCUT2D eigenvalue weighted by Crippen LogP contribution is 2.24. The van der Waals surface area contributed by atoms with Crippen molar-refractivity contribution in [2.24, 2.45) is 0 Å². The van der Waals surface area contributed by atoms with Crippen molar-refractivity contribution < 1.29 is 18.4 Å². The Morgan fingerprint density at radius 1 is 0.692 bits per heavy atom. The van der Waals surface area contributed by atoms with Crippen LogP contribution in [0.25, 0.3) is 11.1 Å². The van der Waals surface area contributed by atoms with Crippen LogP contribution in [-0.4, -0.2) is 11.8 Å². The predicted octanol–water partition coefficient (Wildman–Crippen LogP) is 3.71. The topological polar surface area (TPSA) is 58.2 Å². The van der Waals surface area contributed by atoms with Gasteiger partial charge in [-0.2, -0.15) is 0 Å². The second-order valence-electron chi connectivity index (χ2n) is 5.44. The molecule has 2 N–H and O–H groups in total. The maximum Gasteiger partial charge on any atom is 0.272 e. The molecule has 0 radical (unpaired) electrons. The van der Waals surface area contributed by atoms with Crippen LogP contribution in [0.2, 0.25) is 0 Å². The van der Waals surface area contributed by atoms with Crippen LogP contribution < -0.4 is 10.9 Å². The molecule has 4 nitrogen and oxygen atoms in total. The molecule has 130 valence electrons. The van der Waals surface area contributed by atoms with Gasteiger partial charge in [-0.15, -0.1) is 0 Å². The van der Waals surface area contributed by atoms with E-state index in [1.165, 1.54) is 30.3 Å². The van der Waals surface area contributed by atoms with Gasteiger partial charge in [-0.05, 0) is 35.4 Å². The highest BCUT2D eigenvalue weighted by atomic mass is 19.1. The minimum atomic E-state index is -0.811. The van der Waals surface area contributed by atoms with Gasteiger partial charge in [0.05, 0.1) is 11.1 Å². The molecule has 0 saturated heterocycles. The average molecular weight is 352 g/mol. The monoisotopic (exact) mass is 352 g/mol. The zero-order valence-electron chi connectivity index (χ0n) is 13.5. The molecule has 0 atom stereocenters. The van der Waals surface area contributed by atoms with Crippen LogP contribution in [0.3, 0.4) is 0 Å². The predicted molar refractivity (Wildman–Crippen MR) is 93.2 cm³/mol. The lowest BCUT2D eigenvalue weighted by molar-refractivity contribution is 0.0844. The second kappa shape index (κ2) is 7.57. The van der Waals surface area contributed by atoms with Crippen LogP contribution in [-0.2, 0) is 0 Å². The van der Waals surface area contributed by atoms with Crippen molar-refractivity contribution in [3.8, 4) is 11.1 Å². The number of hydrazine groups is 1. The largest absolute Gasteiger partial charge is 0.272 e. The van der Waals surface area contributed by atoms with Gasteiger partial charge >= 0.3 is 0 Å². The van der Waals surface area contributed by atoms with E-state index in [0.717, 1.165) is 17.7 Å². The summed E-state index contributed by atoms with van der Waals surface area (Å²) in [4.78, 5) is 24.4. The quantitative estimate of drug-likeness (QED) is 0.706. The average Bonchev–Trinajstić information content (AvgIpc) is 2.67. The number of rotatable bonds is 3. The van der Waals surface area contributed by atoms with Gasteiger partial charge in [0, 0.05) is 0 Å². The third-order valence-electron chi connectivity index (χ3n) is 3.72. The van der Waals surface area contributed by atoms with E-state index in [2.05, 4.69) is 10.9 Å². The molecule has 3 rings (SSSR count). The number of carbonyl (C=O) groups excluding carboxylic acids is 2. The number of carbonyl (C=O) groups is 2. The van der Waals surface area contributed by atoms with Crippen LogP contribution in [0.15, 0.2) is 72.8 Å². The van der Waals surface area contributed by atoms with Crippen molar-refractivity contribution in [2.75, 3.05) is 0 Å². The third-order valence-corrected chi connectivity index (χ3v) is 3.72. The number of benzene rings is 3. The van der Waals surface area contributed by atoms with Crippen molar-refractivity contribution in [3.63, 3.8) is 0 Å². The first kappa shape index (κ1) is 17.3. The van der Waals surface area contributed by atoms with Crippen molar-refractivity contribution in [1.82, 2.24) is 10.9 Å². The number of nitrogens with one attached hydrogen (secondary N) is 2. The van der Waals surface area contributed by atoms with Gasteiger partial charge in [0.15, 0.2) is 0 Å². The SMILES string of the molecule is O=C(NNC(=O)c1cc(F)ccc1-c1ccccc1)c1ccccc1F. The van der Waals surface area contributed by atoms with Crippen LogP contribution >= 0.6 is 0 Å². The first-order valence-electron chi connectivity index (χ1n) is 7.76. The molecule has 0 fully saturated rings. The molecule has 0 aliphatic heterocycles. The van der Waals surface area contributed by atoms with E-state index in [1.54, 1.807) is 24.3 Å². The Labute approximate surface area is 148 Å². The number of halogens is 2. The fourth-order valence-corrected chi connectivity index (χ4v) is 2.47. The minimum absolute atomic E-state index is 0.0463. The maximum absolute atomic E-state index is 13.6. The van der Waals surface area contributed by atoms with Gasteiger partial charge in [0.1, 0.15) is 11.6 Å². The molecule has 0 aromatic heterocycles. The molecule has 0 heterocycles. The smallest absolute Gasteiger partial charge is 0.267 e. The van der Waals surface area contributed by atoms with Crippen LogP contribution in [0.5, 0.6) is 0 Å². The lowest BCUT2D eigenvalue weighted by Gasteiger charge is -2.12. The first-order valence-corrected chi connectivity index (χ1v) is 7.76. The summed E-state index contributed by atoms with van der Waals surface area (Å²) in [6.07, 6.45) is 0. The van der Waals surface area contributed by atoms with E-state index in [4.69, 9.17) is 0 Å². The molecule has 3 aromatic carbocycles. The highest BCUT2D eigenvalue weighted by molar-refractivity contribution is 6.03. The van der Waals surface area contributed by atoms with Gasteiger partial charge in [-0.3, -0.25) is 20.4 Å². The second-order valence-corrected chi connectivity index (χ2v) is 5.44. The fourth-order valence-electron chi connectivity index (χ4n) is 2.47. The number of amides is 2. The van der Waals surface area contributed by atoms with Crippen LogP contribution in [0.1, 0.15) is 20.7 Å². The molecule has 0 spiro atoms. The summed E-state index contributed by atoms with van der Waals surface area (Å²) in [5.41, 5.74) is 5.38. The van der Waals surface area contributed by atoms with Gasteiger partial charge in [-0.1, -0.05) is 48.5 Å². The molecular formula is C20H14F2N2O2. The van der Waals surface area contributed by atoms with Gasteiger partial charge in [-0.25, -0.2) is 8.78 Å². The standard InChI is InChI=1S/C20H14F2N2O2/c21-14-10-11-15(13-6-2-1-3-7-13)17(12-14)20(26)24-23-19(25)16-8-4-5-9-18(16)22/h1-12H,(H,23,25)(H,24,26). The Morgan fingerprint density at radius 2 is 1.31 bits per heavy atom. The molecule has 6 heteroatoms. The van der Waals surface area contributed by atoms with Gasteiger partial charge < -0.3 is 0 Å². The van der Waals surface area contributed by atoms with E-state index in [0.29, 0.717) is 5.56 Å². The van der Waals surface area contributed by atoms with Gasteiger partial charge in [0.2, 0.25) is 0 Å². The normalized spacial score (nSPS) is 10.2. The third kappa shape index (κ3) is 3.75. The highest BCUT2D eigenvalue weighted by Gasteiger charge is 2.16. The summed E-state index contributed by atoms with van der Waals surface area (Å²) in [6, 6.07) is 18.1. The van der Waals surface area contributed by atoms with Crippen LogP contribution in [0, 0.1) is 11.6 Å². The van der Waals surface area contributed by atoms with E-state index in [9.17, 15) is 18.4 Å². The molecule has 2 amide bonds. The number of hydrogen-bond acceptors (Lipinski definition) is 2. The summed E-state index contributed by atoms with van der Waals surface area (Å²) < 4.78 is 27.2. The first-order chi connectivity index (χ1) is 12.6. The molecule has 0 bridgehead atoms. The van der Waals surface area contributed by atoms with E-state index in [1.807, 2.05) is 6.07 Å². The van der Waals surface area contributed by atoms with E-state index < -0.39 is 23.4 Å². The molecule has 0 saturated carbocycles. The van der Waals surface area contributed by atoms with Crippen molar-refractivity contribution in [3.05, 3.63) is 95.6 Å². The molecule has 3 aromatic rings. The molecule has 0 unspecified atom stereocenters. The summed E-state index contributed by atoms with van der Waals surface area (Å²) in [5, 5.41) is 0. The Bertz CT molecular complexity index is 959. The molecule has 0 aliphatic carbocycles. The summed E-state index contributed by atoms with van der Waals surface area (Å²) in [5.74, 6) is -2.83. The number of hydrogen-bond donors (Lipinski definition) is 2. The van der Waals surface area contributed by atoms with E-state index >= 15 is 0 Å². The minimum Gasteiger partial charge on any atom is -0.267 e. The Balaban J connectivity index is 1.81. The maximum atomic E-state index is 13.6. The summed E-state index contributed by atoms with van der Waals surface area (Å²) in [7, 11) is 0. The van der Waals surface area contributed by atoms with Crippen LogP contribution in [0.4, 0.5) is 8.78 Å². The molecule has 26 heavy (non-hydrogen) atoms. The Morgan fingerprint density at radius 3 is 2.00 bits per heavy atom. The van der Waals surface area contributed by atoms with Crippen molar-refractivity contribution >= 4 is 11.8 Å². The lowest BCUT2D eigenvalue weighted by Crippen LogP contribution is -2.42. The van der Waals surface area contributed by atoms with Crippen molar-refractivity contribution in [1.29, 1.82) is 0 Å². The molecule has 0 aliphatic rings. The lowest BCUT2D eigenvalue weighted by atomic mass is 9.99. The Kier molecular flexibility index (Phi) is 5.03. The zero-order valence-corrected chi connectivity index (χ0v) is 13.5. The fraction of sp³-hybridized carbons (Fsp3) is 0.